The number of carbonyl (C=O) groups excluding carboxylic acids is 1. The Balaban J connectivity index is 1.55. The Morgan fingerprint density at radius 3 is 2.45 bits per heavy atom. The minimum absolute atomic E-state index is 0.0152. The largest absolute Gasteiger partial charge is 0.486 e. The Kier molecular flexibility index (Phi) is 8.67. The van der Waals surface area contributed by atoms with Gasteiger partial charge in [0, 0.05) is 18.8 Å². The van der Waals surface area contributed by atoms with Crippen LogP contribution in [0, 0.1) is 6.92 Å². The Morgan fingerprint density at radius 2 is 1.76 bits per heavy atom. The Labute approximate surface area is 194 Å². The van der Waals surface area contributed by atoms with Crippen LogP contribution < -0.4 is 15.8 Å². The number of amides is 1. The molecule has 0 radical (unpaired) electrons. The summed E-state index contributed by atoms with van der Waals surface area (Å²) in [5, 5.41) is 6.31. The smallest absolute Gasteiger partial charge is 0.265 e. The number of amidine groups is 1. The van der Waals surface area contributed by atoms with E-state index in [4.69, 9.17) is 15.3 Å². The van der Waals surface area contributed by atoms with Gasteiger partial charge in [0.2, 0.25) is 10.0 Å². The standard InChI is InChI=1S/C23H30N4O5S/c1-18-11-12-19(15-21(18)33(29,30)27-13-7-2-3-8-14-27)25-23(28)17-32-26-22(24)16-31-20-9-5-4-6-10-20/h4-6,9-12,15H,2-3,7-8,13-14,16-17H2,1H3,(H2,24,26)(H,25,28). The zero-order valence-electron chi connectivity index (χ0n) is 18.7. The number of ether oxygens (including phenoxy) is 1. The fraction of sp³-hybridized carbons (Fsp3) is 0.391. The summed E-state index contributed by atoms with van der Waals surface area (Å²) in [4.78, 5) is 17.4. The number of anilines is 1. The van der Waals surface area contributed by atoms with Crippen molar-refractivity contribution in [1.82, 2.24) is 4.31 Å². The normalized spacial score (nSPS) is 15.5. The number of hydrogen-bond acceptors (Lipinski definition) is 6. The van der Waals surface area contributed by atoms with E-state index in [2.05, 4.69) is 10.5 Å². The molecule has 1 saturated heterocycles. The SMILES string of the molecule is Cc1ccc(NC(=O)CO/N=C(/N)COc2ccccc2)cc1S(=O)(=O)N1CCCCCC1. The number of aryl methyl sites for hydroxylation is 1. The molecule has 3 N–H and O–H groups in total. The summed E-state index contributed by atoms with van der Waals surface area (Å²) in [6, 6.07) is 13.9. The monoisotopic (exact) mass is 474 g/mol. The third kappa shape index (κ3) is 7.19. The lowest BCUT2D eigenvalue weighted by atomic mass is 10.2. The number of para-hydroxylation sites is 1. The van der Waals surface area contributed by atoms with Gasteiger partial charge in [-0.3, -0.25) is 4.79 Å². The van der Waals surface area contributed by atoms with Gasteiger partial charge in [0.25, 0.3) is 5.91 Å². The van der Waals surface area contributed by atoms with Crippen molar-refractivity contribution in [3.63, 3.8) is 0 Å². The van der Waals surface area contributed by atoms with Crippen molar-refractivity contribution < 1.29 is 22.8 Å². The topological polar surface area (TPSA) is 123 Å². The number of nitrogens with zero attached hydrogens (tertiary/aromatic N) is 2. The van der Waals surface area contributed by atoms with Gasteiger partial charge in [-0.05, 0) is 49.6 Å². The van der Waals surface area contributed by atoms with Crippen LogP contribution in [0.5, 0.6) is 5.75 Å². The predicted octanol–water partition coefficient (Wildman–Crippen LogP) is 2.87. The van der Waals surface area contributed by atoms with Gasteiger partial charge in [0.15, 0.2) is 12.4 Å². The van der Waals surface area contributed by atoms with Crippen molar-refractivity contribution in [3.8, 4) is 5.75 Å². The Morgan fingerprint density at radius 1 is 1.06 bits per heavy atom. The van der Waals surface area contributed by atoms with E-state index >= 15 is 0 Å². The molecule has 33 heavy (non-hydrogen) atoms. The first-order chi connectivity index (χ1) is 15.9. The maximum absolute atomic E-state index is 13.2. The first-order valence-corrected chi connectivity index (χ1v) is 12.3. The maximum atomic E-state index is 13.2. The molecule has 10 heteroatoms. The maximum Gasteiger partial charge on any atom is 0.265 e. The summed E-state index contributed by atoms with van der Waals surface area (Å²) in [5.74, 6) is 0.226. The fourth-order valence-corrected chi connectivity index (χ4v) is 5.22. The van der Waals surface area contributed by atoms with Gasteiger partial charge in [0.05, 0.1) is 4.90 Å². The second kappa shape index (κ2) is 11.7. The molecule has 1 heterocycles. The van der Waals surface area contributed by atoms with Gasteiger partial charge in [-0.2, -0.15) is 4.31 Å². The van der Waals surface area contributed by atoms with Crippen molar-refractivity contribution in [2.24, 2.45) is 10.9 Å². The first-order valence-electron chi connectivity index (χ1n) is 10.9. The number of benzene rings is 2. The lowest BCUT2D eigenvalue weighted by molar-refractivity contribution is -0.120. The van der Waals surface area contributed by atoms with Crippen LogP contribution in [0.15, 0.2) is 58.6 Å². The average Bonchev–Trinajstić information content (AvgIpc) is 3.10. The summed E-state index contributed by atoms with van der Waals surface area (Å²) < 4.78 is 33.3. The summed E-state index contributed by atoms with van der Waals surface area (Å²) in [6.45, 7) is 2.41. The van der Waals surface area contributed by atoms with Crippen molar-refractivity contribution in [1.29, 1.82) is 0 Å². The van der Waals surface area contributed by atoms with E-state index in [0.29, 0.717) is 30.1 Å². The summed E-state index contributed by atoms with van der Waals surface area (Å²) in [6.07, 6.45) is 3.77. The fourth-order valence-electron chi connectivity index (χ4n) is 3.45. The lowest BCUT2D eigenvalue weighted by Gasteiger charge is -2.21. The van der Waals surface area contributed by atoms with E-state index in [1.807, 2.05) is 18.2 Å². The molecule has 0 aromatic heterocycles. The van der Waals surface area contributed by atoms with E-state index in [-0.39, 0.29) is 23.9 Å². The first kappa shape index (κ1) is 24.5. The molecule has 1 aliphatic rings. The van der Waals surface area contributed by atoms with Crippen LogP contribution in [0.3, 0.4) is 0 Å². The van der Waals surface area contributed by atoms with E-state index in [1.54, 1.807) is 31.2 Å². The number of nitrogens with one attached hydrogen (secondary N) is 1. The van der Waals surface area contributed by atoms with Gasteiger partial charge < -0.3 is 20.6 Å². The number of hydrogen-bond donors (Lipinski definition) is 2. The molecule has 1 aliphatic heterocycles. The molecule has 9 nitrogen and oxygen atoms in total. The molecule has 0 aliphatic carbocycles. The zero-order valence-corrected chi connectivity index (χ0v) is 19.5. The zero-order chi connectivity index (χ0) is 23.7. The summed E-state index contributed by atoms with van der Waals surface area (Å²) >= 11 is 0. The predicted molar refractivity (Wildman–Crippen MR) is 127 cm³/mol. The molecule has 0 bridgehead atoms. The highest BCUT2D eigenvalue weighted by Gasteiger charge is 2.27. The summed E-state index contributed by atoms with van der Waals surface area (Å²) in [5.41, 5.74) is 6.72. The number of carbonyl (C=O) groups is 1. The van der Waals surface area contributed by atoms with E-state index < -0.39 is 15.9 Å². The van der Waals surface area contributed by atoms with Crippen LogP contribution in [0.25, 0.3) is 0 Å². The molecule has 0 spiro atoms. The van der Waals surface area contributed by atoms with Gasteiger partial charge in [-0.25, -0.2) is 8.42 Å². The number of nitrogens with two attached hydrogens (primary N) is 1. The lowest BCUT2D eigenvalue weighted by Crippen LogP contribution is -2.32. The second-order valence-electron chi connectivity index (χ2n) is 7.80. The van der Waals surface area contributed by atoms with Gasteiger partial charge in [-0.1, -0.05) is 42.3 Å². The molecule has 0 saturated carbocycles. The van der Waals surface area contributed by atoms with E-state index in [9.17, 15) is 13.2 Å². The molecule has 1 fully saturated rings. The molecule has 0 atom stereocenters. The van der Waals surface area contributed by atoms with Crippen molar-refractivity contribution in [2.45, 2.75) is 37.5 Å². The van der Waals surface area contributed by atoms with Crippen LogP contribution >= 0.6 is 0 Å². The Bertz CT molecular complexity index is 1070. The molecule has 178 valence electrons. The van der Waals surface area contributed by atoms with Crippen molar-refractivity contribution in [3.05, 3.63) is 54.1 Å². The molecule has 1 amide bonds. The van der Waals surface area contributed by atoms with Crippen LogP contribution in [-0.4, -0.2) is 50.8 Å². The van der Waals surface area contributed by atoms with Crippen LogP contribution in [0.4, 0.5) is 5.69 Å². The third-order valence-electron chi connectivity index (χ3n) is 5.16. The van der Waals surface area contributed by atoms with Gasteiger partial charge >= 0.3 is 0 Å². The molecular weight excluding hydrogens is 444 g/mol. The highest BCUT2D eigenvalue weighted by atomic mass is 32.2. The highest BCUT2D eigenvalue weighted by molar-refractivity contribution is 7.89. The van der Waals surface area contributed by atoms with Gasteiger partial charge in [-0.15, -0.1) is 0 Å². The minimum atomic E-state index is -3.63. The molecule has 3 rings (SSSR count). The van der Waals surface area contributed by atoms with E-state index in [1.165, 1.54) is 10.4 Å². The van der Waals surface area contributed by atoms with Crippen molar-refractivity contribution >= 4 is 27.5 Å². The average molecular weight is 475 g/mol. The number of sulfonamides is 1. The number of rotatable bonds is 9. The van der Waals surface area contributed by atoms with E-state index in [0.717, 1.165) is 25.7 Å². The van der Waals surface area contributed by atoms with Gasteiger partial charge in [0.1, 0.15) is 12.4 Å². The Hall–Kier alpha value is -3.11. The molecular formula is C23H30N4O5S. The highest BCUT2D eigenvalue weighted by Crippen LogP contribution is 2.25. The van der Waals surface area contributed by atoms with Crippen molar-refractivity contribution in [2.75, 3.05) is 31.6 Å². The molecule has 2 aromatic rings. The van der Waals surface area contributed by atoms with Crippen LogP contribution in [0.2, 0.25) is 0 Å². The third-order valence-corrected chi connectivity index (χ3v) is 7.20. The van der Waals surface area contributed by atoms with Crippen LogP contribution in [-0.2, 0) is 19.7 Å². The second-order valence-corrected chi connectivity index (χ2v) is 9.71. The minimum Gasteiger partial charge on any atom is -0.486 e. The quantitative estimate of drug-likeness (QED) is 0.327. The molecule has 0 unspecified atom stereocenters. The number of oxime groups is 1. The summed E-state index contributed by atoms with van der Waals surface area (Å²) in [7, 11) is -3.63. The molecule has 2 aromatic carbocycles. The van der Waals surface area contributed by atoms with Crippen LogP contribution in [0.1, 0.15) is 31.2 Å².